The van der Waals surface area contributed by atoms with E-state index in [0.717, 1.165) is 11.9 Å². The highest BCUT2D eigenvalue weighted by atomic mass is 15.1. The van der Waals surface area contributed by atoms with Crippen LogP contribution in [-0.4, -0.2) is 22.1 Å². The molecule has 0 spiro atoms. The molecule has 0 aliphatic heterocycles. The van der Waals surface area contributed by atoms with Crippen LogP contribution in [0.2, 0.25) is 0 Å². The summed E-state index contributed by atoms with van der Waals surface area (Å²) < 4.78 is 2.25. The lowest BCUT2D eigenvalue weighted by atomic mass is 9.79. The SMILES string of the molecule is CNC1(Cc2nc3ccccc3n2C)CCCCC1. The molecule has 102 valence electrons. The van der Waals surface area contributed by atoms with Crippen molar-refractivity contribution in [3.8, 4) is 0 Å². The Morgan fingerprint density at radius 1 is 1.21 bits per heavy atom. The molecule has 1 N–H and O–H groups in total. The Morgan fingerprint density at radius 2 is 1.95 bits per heavy atom. The van der Waals surface area contributed by atoms with Gasteiger partial charge in [-0.05, 0) is 32.0 Å². The predicted octanol–water partition coefficient (Wildman–Crippen LogP) is 3.04. The van der Waals surface area contributed by atoms with E-state index in [0.29, 0.717) is 0 Å². The second-order valence-electron chi connectivity index (χ2n) is 5.84. The van der Waals surface area contributed by atoms with Crippen LogP contribution in [0.3, 0.4) is 0 Å². The van der Waals surface area contributed by atoms with E-state index >= 15 is 0 Å². The van der Waals surface area contributed by atoms with Crippen LogP contribution in [-0.2, 0) is 13.5 Å². The second kappa shape index (κ2) is 4.97. The molecule has 0 atom stereocenters. The van der Waals surface area contributed by atoms with Crippen LogP contribution in [0.5, 0.6) is 0 Å². The molecule has 0 saturated heterocycles. The van der Waals surface area contributed by atoms with E-state index in [9.17, 15) is 0 Å². The molecule has 1 fully saturated rings. The van der Waals surface area contributed by atoms with E-state index in [2.05, 4.69) is 48.2 Å². The van der Waals surface area contributed by atoms with E-state index in [1.54, 1.807) is 0 Å². The van der Waals surface area contributed by atoms with E-state index in [4.69, 9.17) is 4.98 Å². The zero-order valence-electron chi connectivity index (χ0n) is 11.9. The number of nitrogens with one attached hydrogen (secondary N) is 1. The Hall–Kier alpha value is -1.35. The first kappa shape index (κ1) is 12.7. The van der Waals surface area contributed by atoms with Gasteiger partial charge in [-0.1, -0.05) is 31.4 Å². The van der Waals surface area contributed by atoms with Gasteiger partial charge in [0.2, 0.25) is 0 Å². The van der Waals surface area contributed by atoms with Gasteiger partial charge in [-0.3, -0.25) is 0 Å². The number of hydrogen-bond acceptors (Lipinski definition) is 2. The minimum Gasteiger partial charge on any atom is -0.331 e. The molecule has 1 aromatic heterocycles. The van der Waals surface area contributed by atoms with Crippen molar-refractivity contribution in [2.75, 3.05) is 7.05 Å². The van der Waals surface area contributed by atoms with Crippen LogP contribution in [0.1, 0.15) is 37.9 Å². The molecular formula is C16H23N3. The van der Waals surface area contributed by atoms with Crippen LogP contribution in [0, 0.1) is 0 Å². The summed E-state index contributed by atoms with van der Waals surface area (Å²) in [4.78, 5) is 4.82. The van der Waals surface area contributed by atoms with Gasteiger partial charge in [0.1, 0.15) is 5.82 Å². The number of likely N-dealkylation sites (N-methyl/N-ethyl adjacent to an activating group) is 1. The summed E-state index contributed by atoms with van der Waals surface area (Å²) in [7, 11) is 4.24. The van der Waals surface area contributed by atoms with Gasteiger partial charge < -0.3 is 9.88 Å². The molecule has 1 aliphatic rings. The Kier molecular flexibility index (Phi) is 3.31. The quantitative estimate of drug-likeness (QED) is 0.916. The summed E-state index contributed by atoms with van der Waals surface area (Å²) in [6.45, 7) is 0. The van der Waals surface area contributed by atoms with Crippen LogP contribution in [0.25, 0.3) is 11.0 Å². The van der Waals surface area contributed by atoms with E-state index in [1.807, 2.05) is 0 Å². The van der Waals surface area contributed by atoms with Gasteiger partial charge in [-0.2, -0.15) is 0 Å². The molecule has 3 rings (SSSR count). The summed E-state index contributed by atoms with van der Waals surface area (Å²) in [5, 5.41) is 3.58. The fourth-order valence-corrected chi connectivity index (χ4v) is 3.40. The number of imidazole rings is 1. The molecule has 2 aromatic rings. The standard InChI is InChI=1S/C16H23N3/c1-17-16(10-6-3-7-11-16)12-15-18-13-8-4-5-9-14(13)19(15)2/h4-5,8-9,17H,3,6-7,10-12H2,1-2H3. The number of aromatic nitrogens is 2. The minimum atomic E-state index is 0.257. The molecule has 0 bridgehead atoms. The fraction of sp³-hybridized carbons (Fsp3) is 0.562. The number of aryl methyl sites for hydroxylation is 1. The summed E-state index contributed by atoms with van der Waals surface area (Å²) in [5.41, 5.74) is 2.61. The lowest BCUT2D eigenvalue weighted by molar-refractivity contribution is 0.240. The molecule has 1 saturated carbocycles. The monoisotopic (exact) mass is 257 g/mol. The highest BCUT2D eigenvalue weighted by molar-refractivity contribution is 5.75. The topological polar surface area (TPSA) is 29.9 Å². The first-order valence-corrected chi connectivity index (χ1v) is 7.33. The Labute approximate surface area is 115 Å². The third-order valence-corrected chi connectivity index (χ3v) is 4.72. The zero-order chi connectivity index (χ0) is 13.3. The Morgan fingerprint density at radius 3 is 2.63 bits per heavy atom. The first-order chi connectivity index (χ1) is 9.24. The summed E-state index contributed by atoms with van der Waals surface area (Å²) in [5.74, 6) is 1.21. The van der Waals surface area contributed by atoms with Gasteiger partial charge in [-0.25, -0.2) is 4.98 Å². The van der Waals surface area contributed by atoms with Crippen molar-refractivity contribution < 1.29 is 0 Å². The number of para-hydroxylation sites is 2. The maximum Gasteiger partial charge on any atom is 0.111 e. The lowest BCUT2D eigenvalue weighted by Gasteiger charge is -2.37. The van der Waals surface area contributed by atoms with Gasteiger partial charge in [0.25, 0.3) is 0 Å². The van der Waals surface area contributed by atoms with Crippen LogP contribution in [0.15, 0.2) is 24.3 Å². The smallest absolute Gasteiger partial charge is 0.111 e. The third kappa shape index (κ3) is 2.27. The van der Waals surface area contributed by atoms with Crippen molar-refractivity contribution in [2.45, 2.75) is 44.1 Å². The summed E-state index contributed by atoms with van der Waals surface area (Å²) in [6, 6.07) is 8.40. The average Bonchev–Trinajstić information content (AvgIpc) is 2.77. The Bertz CT molecular complexity index is 564. The average molecular weight is 257 g/mol. The first-order valence-electron chi connectivity index (χ1n) is 7.33. The fourth-order valence-electron chi connectivity index (χ4n) is 3.40. The molecule has 19 heavy (non-hydrogen) atoms. The van der Waals surface area contributed by atoms with Crippen molar-refractivity contribution in [3.05, 3.63) is 30.1 Å². The van der Waals surface area contributed by atoms with E-state index < -0.39 is 0 Å². The lowest BCUT2D eigenvalue weighted by Crippen LogP contribution is -2.47. The molecule has 1 aromatic carbocycles. The maximum absolute atomic E-state index is 4.82. The van der Waals surface area contributed by atoms with E-state index in [-0.39, 0.29) is 5.54 Å². The molecule has 0 radical (unpaired) electrons. The van der Waals surface area contributed by atoms with Crippen LogP contribution < -0.4 is 5.32 Å². The number of nitrogens with zero attached hydrogens (tertiary/aromatic N) is 2. The van der Waals surface area contributed by atoms with Gasteiger partial charge in [0.05, 0.1) is 11.0 Å². The van der Waals surface area contributed by atoms with Gasteiger partial charge in [-0.15, -0.1) is 0 Å². The second-order valence-corrected chi connectivity index (χ2v) is 5.84. The predicted molar refractivity (Wildman–Crippen MR) is 79.3 cm³/mol. The molecule has 0 unspecified atom stereocenters. The molecule has 3 heteroatoms. The Balaban J connectivity index is 1.93. The molecular weight excluding hydrogens is 234 g/mol. The van der Waals surface area contributed by atoms with Crippen LogP contribution >= 0.6 is 0 Å². The molecule has 1 aliphatic carbocycles. The highest BCUT2D eigenvalue weighted by Gasteiger charge is 2.31. The number of fused-ring (bicyclic) bond motifs is 1. The number of rotatable bonds is 3. The van der Waals surface area contributed by atoms with Crippen LogP contribution in [0.4, 0.5) is 0 Å². The number of benzene rings is 1. The van der Waals surface area contributed by atoms with Crippen molar-refractivity contribution >= 4 is 11.0 Å². The molecule has 3 nitrogen and oxygen atoms in total. The van der Waals surface area contributed by atoms with Crippen molar-refractivity contribution in [1.82, 2.24) is 14.9 Å². The molecule has 0 amide bonds. The zero-order valence-corrected chi connectivity index (χ0v) is 11.9. The largest absolute Gasteiger partial charge is 0.331 e. The molecule has 1 heterocycles. The van der Waals surface area contributed by atoms with E-state index in [1.165, 1.54) is 43.4 Å². The minimum absolute atomic E-state index is 0.257. The van der Waals surface area contributed by atoms with Crippen molar-refractivity contribution in [1.29, 1.82) is 0 Å². The summed E-state index contributed by atoms with van der Waals surface area (Å²) in [6.07, 6.45) is 7.63. The maximum atomic E-state index is 4.82. The number of hydrogen-bond donors (Lipinski definition) is 1. The van der Waals surface area contributed by atoms with Gasteiger partial charge in [0.15, 0.2) is 0 Å². The summed E-state index contributed by atoms with van der Waals surface area (Å²) >= 11 is 0. The highest BCUT2D eigenvalue weighted by Crippen LogP contribution is 2.31. The van der Waals surface area contributed by atoms with Gasteiger partial charge >= 0.3 is 0 Å². The van der Waals surface area contributed by atoms with Crippen molar-refractivity contribution in [3.63, 3.8) is 0 Å². The van der Waals surface area contributed by atoms with Gasteiger partial charge in [0, 0.05) is 19.0 Å². The third-order valence-electron chi connectivity index (χ3n) is 4.72. The normalized spacial score (nSPS) is 18.8. The van der Waals surface area contributed by atoms with Crippen molar-refractivity contribution in [2.24, 2.45) is 7.05 Å².